The fraction of sp³-hybridized carbons (Fsp3) is 0.182. The average Bonchev–Trinajstić information content (AvgIpc) is 3.26. The lowest BCUT2D eigenvalue weighted by atomic mass is 10.1. The number of nitrogens with one attached hydrogen (secondary N) is 1. The van der Waals surface area contributed by atoms with E-state index in [4.69, 9.17) is 11.6 Å². The van der Waals surface area contributed by atoms with E-state index in [2.05, 4.69) is 5.32 Å². The first-order chi connectivity index (χ1) is 15.3. The van der Waals surface area contributed by atoms with Gasteiger partial charge in [-0.2, -0.15) is 14.3 Å². The largest absolute Gasteiger partial charge is 0.501 e. The molecule has 6 nitrogen and oxygen atoms in total. The lowest BCUT2D eigenvalue weighted by Gasteiger charge is -2.24. The number of allylic oxidation sites excluding steroid dienone is 1. The van der Waals surface area contributed by atoms with E-state index in [1.54, 1.807) is 11.5 Å². The van der Waals surface area contributed by atoms with Crippen LogP contribution in [0.5, 0.6) is 0 Å². The molecule has 0 saturated carbocycles. The van der Waals surface area contributed by atoms with Crippen molar-refractivity contribution < 1.29 is 27.7 Å². The number of carbonyl (C=O) groups excluding carboxylic acids is 3. The third kappa shape index (κ3) is 4.58. The minimum atomic E-state index is -0.628. The monoisotopic (exact) mass is 476 g/mol. The van der Waals surface area contributed by atoms with Crippen LogP contribution in [0.1, 0.15) is 11.1 Å². The standard InChI is InChI=1S/C22H16ClF2N3O3S/c23-16-9-14(3-6-17(16)25)10-26-19(29)12-27-18-7-8-32-20(18)21(30)28(22(27)31)11-13-1-4-15(24)5-2-13/h1-9,20H,10-12H2/p+1. The van der Waals surface area contributed by atoms with Gasteiger partial charge in [-0.25, -0.2) is 13.6 Å². The van der Waals surface area contributed by atoms with E-state index in [1.165, 1.54) is 58.8 Å². The number of amides is 4. The zero-order valence-electron chi connectivity index (χ0n) is 16.6. The molecule has 0 saturated heterocycles. The fourth-order valence-corrected chi connectivity index (χ4v) is 4.55. The summed E-state index contributed by atoms with van der Waals surface area (Å²) in [5.74, 6) is -1.81. The summed E-state index contributed by atoms with van der Waals surface area (Å²) in [5.41, 5.74) is 1.63. The lowest BCUT2D eigenvalue weighted by Crippen LogP contribution is -2.56. The van der Waals surface area contributed by atoms with E-state index < -0.39 is 28.8 Å². The zero-order chi connectivity index (χ0) is 22.8. The Morgan fingerprint density at radius 2 is 1.84 bits per heavy atom. The van der Waals surface area contributed by atoms with Crippen LogP contribution in [-0.2, 0) is 22.7 Å². The summed E-state index contributed by atoms with van der Waals surface area (Å²) in [4.78, 5) is 39.6. The van der Waals surface area contributed by atoms with Crippen LogP contribution in [-0.4, -0.2) is 44.8 Å². The minimum absolute atomic E-state index is 0.0332. The summed E-state index contributed by atoms with van der Waals surface area (Å²) in [6, 6.07) is 9.00. The number of rotatable bonds is 6. The molecule has 2 aromatic rings. The molecular weight excluding hydrogens is 460 g/mol. The molecule has 32 heavy (non-hydrogen) atoms. The number of nitrogens with zero attached hydrogens (tertiary/aromatic N) is 2. The average molecular weight is 477 g/mol. The van der Waals surface area contributed by atoms with Crippen molar-refractivity contribution in [3.8, 4) is 0 Å². The molecule has 2 heterocycles. The summed E-state index contributed by atoms with van der Waals surface area (Å²) in [7, 11) is 0. The molecule has 2 aliphatic rings. The molecule has 10 heteroatoms. The molecule has 0 spiro atoms. The maximum absolute atomic E-state index is 13.3. The lowest BCUT2D eigenvalue weighted by molar-refractivity contribution is -0.427. The minimum Gasteiger partial charge on any atom is -0.349 e. The molecule has 4 amide bonds. The first kappa shape index (κ1) is 22.2. The highest BCUT2D eigenvalue weighted by atomic mass is 35.5. The third-order valence-electron chi connectivity index (χ3n) is 5.02. The SMILES string of the molecule is O=C(C[N+]1=C2C=CSC2C(=O)N(Cc2ccc(F)cc2)C1=O)NCc1ccc(F)c(Cl)c1. The zero-order valence-corrected chi connectivity index (χ0v) is 18.1. The van der Waals surface area contributed by atoms with Crippen molar-refractivity contribution in [2.24, 2.45) is 0 Å². The van der Waals surface area contributed by atoms with Crippen LogP contribution < -0.4 is 5.32 Å². The number of halogens is 3. The van der Waals surface area contributed by atoms with Crippen molar-refractivity contribution in [3.63, 3.8) is 0 Å². The fourth-order valence-electron chi connectivity index (χ4n) is 3.38. The third-order valence-corrected chi connectivity index (χ3v) is 6.31. The van der Waals surface area contributed by atoms with Crippen LogP contribution in [0.25, 0.3) is 0 Å². The predicted octanol–water partition coefficient (Wildman–Crippen LogP) is 3.48. The number of carbonyl (C=O) groups is 3. The van der Waals surface area contributed by atoms with Crippen molar-refractivity contribution in [1.82, 2.24) is 10.2 Å². The van der Waals surface area contributed by atoms with Gasteiger partial charge in [0.15, 0.2) is 11.8 Å². The first-order valence-corrected chi connectivity index (χ1v) is 10.9. The number of imide groups is 1. The van der Waals surface area contributed by atoms with Gasteiger partial charge in [0.2, 0.25) is 0 Å². The van der Waals surface area contributed by atoms with Crippen molar-refractivity contribution in [3.05, 3.63) is 81.7 Å². The van der Waals surface area contributed by atoms with E-state index in [9.17, 15) is 23.2 Å². The second kappa shape index (κ2) is 9.22. The highest BCUT2D eigenvalue weighted by molar-refractivity contribution is 8.04. The smallest absolute Gasteiger partial charge is 0.349 e. The Kier molecular flexibility index (Phi) is 6.38. The van der Waals surface area contributed by atoms with Crippen LogP contribution >= 0.6 is 23.4 Å². The molecule has 0 radical (unpaired) electrons. The van der Waals surface area contributed by atoms with E-state index >= 15 is 0 Å². The Morgan fingerprint density at radius 1 is 1.12 bits per heavy atom. The number of hydrogen-bond donors (Lipinski definition) is 1. The van der Waals surface area contributed by atoms with Crippen LogP contribution in [0.4, 0.5) is 13.6 Å². The molecule has 0 fully saturated rings. The van der Waals surface area contributed by atoms with E-state index in [0.29, 0.717) is 16.8 Å². The van der Waals surface area contributed by atoms with Crippen LogP contribution in [0.2, 0.25) is 5.02 Å². The number of hydrogen-bond acceptors (Lipinski definition) is 4. The number of benzene rings is 2. The number of fused-ring (bicyclic) bond motifs is 1. The van der Waals surface area contributed by atoms with E-state index in [0.717, 1.165) is 4.90 Å². The molecule has 0 bridgehead atoms. The Balaban J connectivity index is 1.49. The molecule has 2 aliphatic heterocycles. The van der Waals surface area contributed by atoms with Crippen molar-refractivity contribution in [2.45, 2.75) is 18.3 Å². The Morgan fingerprint density at radius 3 is 2.56 bits per heavy atom. The Labute approximate surface area is 191 Å². The van der Waals surface area contributed by atoms with Gasteiger partial charge in [0.05, 0.1) is 5.02 Å². The summed E-state index contributed by atoms with van der Waals surface area (Å²) in [5, 5.41) is 3.70. The normalized spacial score (nSPS) is 17.7. The van der Waals surface area contributed by atoms with Gasteiger partial charge in [-0.05, 0) is 46.9 Å². The van der Waals surface area contributed by atoms with Crippen LogP contribution in [0.15, 0.2) is 53.9 Å². The molecular formula is C22H17ClF2N3O3S+. The predicted molar refractivity (Wildman–Crippen MR) is 116 cm³/mol. The molecule has 2 aromatic carbocycles. The van der Waals surface area contributed by atoms with Crippen LogP contribution in [0, 0.1) is 11.6 Å². The Hall–Kier alpha value is -3.04. The Bertz CT molecular complexity index is 1170. The van der Waals surface area contributed by atoms with Gasteiger partial charge in [0.25, 0.3) is 5.91 Å². The molecule has 4 rings (SSSR count). The van der Waals surface area contributed by atoms with Gasteiger partial charge in [-0.15, -0.1) is 11.8 Å². The first-order valence-electron chi connectivity index (χ1n) is 9.60. The van der Waals surface area contributed by atoms with Gasteiger partial charge in [-0.1, -0.05) is 29.8 Å². The maximum Gasteiger partial charge on any atom is 0.501 e. The second-order valence-electron chi connectivity index (χ2n) is 7.19. The molecule has 1 atom stereocenters. The quantitative estimate of drug-likeness (QED) is 0.648. The molecule has 164 valence electrons. The molecule has 1 unspecified atom stereocenters. The molecule has 0 aromatic heterocycles. The molecule has 0 aliphatic carbocycles. The van der Waals surface area contributed by atoms with Gasteiger partial charge in [-0.3, -0.25) is 4.79 Å². The second-order valence-corrected chi connectivity index (χ2v) is 8.61. The van der Waals surface area contributed by atoms with Crippen molar-refractivity contribution in [1.29, 1.82) is 0 Å². The van der Waals surface area contributed by atoms with E-state index in [1.807, 2.05) is 0 Å². The topological polar surface area (TPSA) is 69.5 Å². The van der Waals surface area contributed by atoms with Gasteiger partial charge in [0, 0.05) is 6.54 Å². The summed E-state index contributed by atoms with van der Waals surface area (Å²) in [6.45, 7) is -0.228. The number of urea groups is 1. The molecule has 1 N–H and O–H groups in total. The van der Waals surface area contributed by atoms with Gasteiger partial charge >= 0.3 is 11.9 Å². The van der Waals surface area contributed by atoms with Crippen molar-refractivity contribution >= 4 is 46.9 Å². The van der Waals surface area contributed by atoms with Crippen LogP contribution in [0.3, 0.4) is 0 Å². The summed E-state index contributed by atoms with van der Waals surface area (Å²) >= 11 is 7.01. The van der Waals surface area contributed by atoms with Gasteiger partial charge in [0.1, 0.15) is 23.9 Å². The highest BCUT2D eigenvalue weighted by Crippen LogP contribution is 2.28. The maximum atomic E-state index is 13.3. The van der Waals surface area contributed by atoms with Gasteiger partial charge < -0.3 is 5.32 Å². The summed E-state index contributed by atoms with van der Waals surface area (Å²) in [6.07, 6.45) is 1.65. The number of thioether (sulfide) groups is 1. The summed E-state index contributed by atoms with van der Waals surface area (Å²) < 4.78 is 27.8. The van der Waals surface area contributed by atoms with E-state index in [-0.39, 0.29) is 30.6 Å². The van der Waals surface area contributed by atoms with Crippen molar-refractivity contribution in [2.75, 3.05) is 6.54 Å². The highest BCUT2D eigenvalue weighted by Gasteiger charge is 2.49.